The number of rotatable bonds is 7. The molecule has 0 aliphatic carbocycles. The van der Waals surface area contributed by atoms with Crippen molar-refractivity contribution in [2.24, 2.45) is 0 Å². The molecule has 156 valence electrons. The first kappa shape index (κ1) is 21.5. The van der Waals surface area contributed by atoms with Crippen LogP contribution in [0, 0.1) is 13.8 Å². The van der Waals surface area contributed by atoms with Crippen LogP contribution in [-0.4, -0.2) is 31.0 Å². The molecule has 30 heavy (non-hydrogen) atoms. The number of ether oxygens (including phenoxy) is 1. The Hall–Kier alpha value is -3.19. The molecular formula is C23H25N3O3S. The van der Waals surface area contributed by atoms with Gasteiger partial charge < -0.3 is 15.0 Å². The number of carbonyl (C=O) groups is 2. The molecule has 0 aliphatic heterocycles. The highest BCUT2D eigenvalue weighted by Crippen LogP contribution is 2.18. The number of aryl methyl sites for hydroxylation is 2. The lowest BCUT2D eigenvalue weighted by Gasteiger charge is -2.13. The molecule has 0 aliphatic rings. The second kappa shape index (κ2) is 9.54. The highest BCUT2D eigenvalue weighted by molar-refractivity contribution is 7.09. The van der Waals surface area contributed by atoms with Crippen LogP contribution in [0.3, 0.4) is 0 Å². The summed E-state index contributed by atoms with van der Waals surface area (Å²) in [5.74, 6) is -0.525. The van der Waals surface area contributed by atoms with Crippen molar-refractivity contribution in [2.45, 2.75) is 26.9 Å². The summed E-state index contributed by atoms with van der Waals surface area (Å²) < 4.78 is 5.38. The van der Waals surface area contributed by atoms with Crippen molar-refractivity contribution in [1.82, 2.24) is 4.98 Å². The van der Waals surface area contributed by atoms with Crippen molar-refractivity contribution in [3.8, 4) is 0 Å². The van der Waals surface area contributed by atoms with Crippen LogP contribution in [0.1, 0.15) is 32.2 Å². The van der Waals surface area contributed by atoms with Crippen molar-refractivity contribution in [3.63, 3.8) is 0 Å². The van der Waals surface area contributed by atoms with E-state index in [2.05, 4.69) is 10.3 Å². The quantitative estimate of drug-likeness (QED) is 0.572. The minimum absolute atomic E-state index is 0.0696. The van der Waals surface area contributed by atoms with Crippen molar-refractivity contribution < 1.29 is 14.3 Å². The highest BCUT2D eigenvalue weighted by Gasteiger charge is 2.13. The molecule has 0 radical (unpaired) electrons. The Kier molecular flexibility index (Phi) is 6.84. The van der Waals surface area contributed by atoms with E-state index in [4.69, 9.17) is 4.74 Å². The van der Waals surface area contributed by atoms with Gasteiger partial charge in [0.15, 0.2) is 0 Å². The molecular weight excluding hydrogens is 398 g/mol. The van der Waals surface area contributed by atoms with Crippen LogP contribution < -0.4 is 10.2 Å². The molecule has 6 nitrogen and oxygen atoms in total. The van der Waals surface area contributed by atoms with Gasteiger partial charge in [0.2, 0.25) is 5.91 Å². The number of amides is 1. The van der Waals surface area contributed by atoms with Crippen molar-refractivity contribution >= 4 is 34.6 Å². The number of hydrogen-bond acceptors (Lipinski definition) is 6. The standard InChI is InChI=1S/C23H25N3O3S/c1-15-8-9-16(2)20(10-15)25-21(27)12-22-24-18(14-30-22)13-29-23(28)17-6-5-7-19(11-17)26(3)4/h5-11,14H,12-13H2,1-4H3,(H,25,27). The Morgan fingerprint density at radius 1 is 1.13 bits per heavy atom. The first-order chi connectivity index (χ1) is 14.3. The number of nitrogens with one attached hydrogen (secondary N) is 1. The third-order valence-corrected chi connectivity index (χ3v) is 5.43. The minimum Gasteiger partial charge on any atom is -0.456 e. The Morgan fingerprint density at radius 3 is 2.70 bits per heavy atom. The molecule has 0 saturated carbocycles. The number of anilines is 2. The van der Waals surface area contributed by atoms with E-state index in [1.165, 1.54) is 11.3 Å². The van der Waals surface area contributed by atoms with Gasteiger partial charge in [-0.2, -0.15) is 0 Å². The zero-order valence-electron chi connectivity index (χ0n) is 17.6. The molecule has 7 heteroatoms. The number of benzene rings is 2. The lowest BCUT2D eigenvalue weighted by Crippen LogP contribution is -2.15. The summed E-state index contributed by atoms with van der Waals surface area (Å²) in [6.07, 6.45) is 0.177. The predicted molar refractivity (Wildman–Crippen MR) is 120 cm³/mol. The molecule has 0 spiro atoms. The predicted octanol–water partition coefficient (Wildman–Crippen LogP) is 4.36. The summed E-state index contributed by atoms with van der Waals surface area (Å²) in [5, 5.41) is 5.42. The second-order valence-electron chi connectivity index (χ2n) is 7.30. The van der Waals surface area contributed by atoms with Gasteiger partial charge in [-0.1, -0.05) is 18.2 Å². The number of aromatic nitrogens is 1. The van der Waals surface area contributed by atoms with Gasteiger partial charge in [0.05, 0.1) is 17.7 Å². The summed E-state index contributed by atoms with van der Waals surface area (Å²) >= 11 is 1.38. The van der Waals surface area contributed by atoms with E-state index in [9.17, 15) is 9.59 Å². The number of nitrogens with zero attached hydrogens (tertiary/aromatic N) is 2. The monoisotopic (exact) mass is 423 g/mol. The van der Waals surface area contributed by atoms with Gasteiger partial charge in [-0.05, 0) is 49.2 Å². The molecule has 1 aromatic heterocycles. The molecule has 1 heterocycles. The summed E-state index contributed by atoms with van der Waals surface area (Å²) in [4.78, 5) is 31.0. The average molecular weight is 424 g/mol. The molecule has 3 rings (SSSR count). The average Bonchev–Trinajstić information content (AvgIpc) is 3.16. The van der Waals surface area contributed by atoms with Crippen LogP contribution >= 0.6 is 11.3 Å². The summed E-state index contributed by atoms with van der Waals surface area (Å²) in [6, 6.07) is 13.2. The molecule has 0 fully saturated rings. The molecule has 0 saturated heterocycles. The maximum atomic E-state index is 12.4. The lowest BCUT2D eigenvalue weighted by molar-refractivity contribution is -0.115. The van der Waals surface area contributed by atoms with Gasteiger partial charge in [0, 0.05) is 30.9 Å². The molecule has 3 aromatic rings. The summed E-state index contributed by atoms with van der Waals surface area (Å²) in [5.41, 5.74) is 4.96. The number of carbonyl (C=O) groups excluding carboxylic acids is 2. The number of hydrogen-bond donors (Lipinski definition) is 1. The van der Waals surface area contributed by atoms with Crippen molar-refractivity contribution in [1.29, 1.82) is 0 Å². The van der Waals surface area contributed by atoms with Crippen LogP contribution in [0.15, 0.2) is 47.8 Å². The Bertz CT molecular complexity index is 1060. The largest absolute Gasteiger partial charge is 0.456 e. The van der Waals surface area contributed by atoms with E-state index in [1.807, 2.05) is 68.6 Å². The fraction of sp³-hybridized carbons (Fsp3) is 0.261. The van der Waals surface area contributed by atoms with E-state index < -0.39 is 5.97 Å². The van der Waals surface area contributed by atoms with Gasteiger partial charge in [-0.15, -0.1) is 11.3 Å². The fourth-order valence-electron chi connectivity index (χ4n) is 2.83. The molecule has 1 N–H and O–H groups in total. The van der Waals surface area contributed by atoms with Crippen molar-refractivity contribution in [3.05, 3.63) is 75.2 Å². The molecule has 0 atom stereocenters. The van der Waals surface area contributed by atoms with E-state index in [0.29, 0.717) is 16.3 Å². The molecule has 2 aromatic carbocycles. The molecule has 0 unspecified atom stereocenters. The van der Waals surface area contributed by atoms with E-state index in [-0.39, 0.29) is 18.9 Å². The SMILES string of the molecule is Cc1ccc(C)c(NC(=O)Cc2nc(COC(=O)c3cccc(N(C)C)c3)cs2)c1. The minimum atomic E-state index is -0.402. The Labute approximate surface area is 180 Å². The van der Waals surface area contributed by atoms with Crippen LogP contribution in [0.4, 0.5) is 11.4 Å². The normalized spacial score (nSPS) is 10.5. The van der Waals surface area contributed by atoms with Crippen LogP contribution in [0.25, 0.3) is 0 Å². The Balaban J connectivity index is 1.55. The summed E-state index contributed by atoms with van der Waals surface area (Å²) in [6.45, 7) is 4.01. The maximum Gasteiger partial charge on any atom is 0.338 e. The van der Waals surface area contributed by atoms with Gasteiger partial charge in [-0.3, -0.25) is 4.79 Å². The van der Waals surface area contributed by atoms with Crippen LogP contribution in [-0.2, 0) is 22.6 Å². The number of thiazole rings is 1. The van der Waals surface area contributed by atoms with Gasteiger partial charge >= 0.3 is 5.97 Å². The fourth-order valence-corrected chi connectivity index (χ4v) is 3.61. The lowest BCUT2D eigenvalue weighted by atomic mass is 10.1. The highest BCUT2D eigenvalue weighted by atomic mass is 32.1. The van der Waals surface area contributed by atoms with Crippen molar-refractivity contribution in [2.75, 3.05) is 24.3 Å². The van der Waals surface area contributed by atoms with Crippen LogP contribution in [0.2, 0.25) is 0 Å². The maximum absolute atomic E-state index is 12.4. The van der Waals surface area contributed by atoms with Gasteiger partial charge in [-0.25, -0.2) is 9.78 Å². The molecule has 1 amide bonds. The van der Waals surface area contributed by atoms with Gasteiger partial charge in [0.1, 0.15) is 11.6 Å². The summed E-state index contributed by atoms with van der Waals surface area (Å²) in [7, 11) is 3.83. The van der Waals surface area contributed by atoms with E-state index in [0.717, 1.165) is 22.5 Å². The third-order valence-electron chi connectivity index (χ3n) is 4.53. The van der Waals surface area contributed by atoms with E-state index >= 15 is 0 Å². The second-order valence-corrected chi connectivity index (χ2v) is 8.24. The van der Waals surface area contributed by atoms with Crippen LogP contribution in [0.5, 0.6) is 0 Å². The number of esters is 1. The zero-order valence-corrected chi connectivity index (χ0v) is 18.4. The van der Waals surface area contributed by atoms with Gasteiger partial charge in [0.25, 0.3) is 0 Å². The molecule has 0 bridgehead atoms. The topological polar surface area (TPSA) is 71.5 Å². The first-order valence-electron chi connectivity index (χ1n) is 9.56. The Morgan fingerprint density at radius 2 is 1.93 bits per heavy atom. The smallest absolute Gasteiger partial charge is 0.338 e. The zero-order chi connectivity index (χ0) is 21.7. The van der Waals surface area contributed by atoms with E-state index in [1.54, 1.807) is 12.1 Å². The third kappa shape index (κ3) is 5.67. The first-order valence-corrected chi connectivity index (χ1v) is 10.4.